The number of aromatic nitrogens is 3. The second-order valence-electron chi connectivity index (χ2n) is 8.48. The van der Waals surface area contributed by atoms with Crippen molar-refractivity contribution in [1.82, 2.24) is 20.1 Å². The molecule has 3 heterocycles. The monoisotopic (exact) mass is 487 g/mol. The molecule has 1 aliphatic rings. The molecule has 0 radical (unpaired) electrons. The number of fused-ring (bicyclic) bond motifs is 1. The molecule has 2 atom stereocenters. The molecule has 2 N–H and O–H groups in total. The van der Waals surface area contributed by atoms with Gasteiger partial charge in [0.05, 0.1) is 29.9 Å². The largest absolute Gasteiger partial charge is 0.477 e. The van der Waals surface area contributed by atoms with Gasteiger partial charge in [0.15, 0.2) is 0 Å². The molecular formula is C24H24F3N5O3. The summed E-state index contributed by atoms with van der Waals surface area (Å²) >= 11 is 0. The number of carboxylic acids is 1. The number of pyridine rings is 1. The highest BCUT2D eigenvalue weighted by Crippen LogP contribution is 2.37. The molecule has 0 saturated heterocycles. The highest BCUT2D eigenvalue weighted by Gasteiger charge is 2.35. The molecule has 3 aromatic rings. The number of aryl methyl sites for hydroxylation is 1. The lowest BCUT2D eigenvalue weighted by Crippen LogP contribution is -2.31. The van der Waals surface area contributed by atoms with E-state index in [1.165, 1.54) is 18.3 Å². The molecule has 1 aromatic carbocycles. The number of carboxylic acid groups (broad SMARTS) is 1. The summed E-state index contributed by atoms with van der Waals surface area (Å²) in [6.07, 6.45) is -3.05. The Kier molecular flexibility index (Phi) is 6.27. The maximum atomic E-state index is 13.3. The Hall–Kier alpha value is -3.89. The highest BCUT2D eigenvalue weighted by molar-refractivity contribution is 6.00. The van der Waals surface area contributed by atoms with Crippen molar-refractivity contribution < 1.29 is 27.9 Å². The minimum atomic E-state index is -4.45. The van der Waals surface area contributed by atoms with Gasteiger partial charge >= 0.3 is 12.1 Å². The maximum absolute atomic E-state index is 13.3. The van der Waals surface area contributed by atoms with E-state index < -0.39 is 29.8 Å². The van der Waals surface area contributed by atoms with Gasteiger partial charge in [0.2, 0.25) is 0 Å². The van der Waals surface area contributed by atoms with Gasteiger partial charge in [-0.3, -0.25) is 4.79 Å². The first-order chi connectivity index (χ1) is 16.5. The van der Waals surface area contributed by atoms with Crippen molar-refractivity contribution in [1.29, 1.82) is 0 Å². The van der Waals surface area contributed by atoms with E-state index in [-0.39, 0.29) is 11.6 Å². The lowest BCUT2D eigenvalue weighted by Gasteiger charge is -2.27. The minimum Gasteiger partial charge on any atom is -0.477 e. The lowest BCUT2D eigenvalue weighted by molar-refractivity contribution is -0.137. The van der Waals surface area contributed by atoms with E-state index in [1.54, 1.807) is 37.6 Å². The van der Waals surface area contributed by atoms with Gasteiger partial charge in [0, 0.05) is 12.7 Å². The van der Waals surface area contributed by atoms with E-state index in [0.717, 1.165) is 12.1 Å². The number of hydrogen-bond donors (Lipinski definition) is 2. The van der Waals surface area contributed by atoms with Crippen LogP contribution in [-0.4, -0.2) is 38.3 Å². The molecule has 1 aliphatic heterocycles. The molecular weight excluding hydrogens is 463 g/mol. The average molecular weight is 487 g/mol. The summed E-state index contributed by atoms with van der Waals surface area (Å²) in [6.45, 7) is 6.26. The zero-order chi connectivity index (χ0) is 25.5. The second kappa shape index (κ2) is 9.05. The molecule has 0 fully saturated rings. The minimum absolute atomic E-state index is 0.100. The first-order valence-corrected chi connectivity index (χ1v) is 11.0. The average Bonchev–Trinajstić information content (AvgIpc) is 3.35. The fourth-order valence-electron chi connectivity index (χ4n) is 4.26. The van der Waals surface area contributed by atoms with Crippen molar-refractivity contribution in [3.63, 3.8) is 0 Å². The first-order valence-electron chi connectivity index (χ1n) is 11.0. The van der Waals surface area contributed by atoms with Crippen molar-refractivity contribution in [2.75, 3.05) is 11.4 Å². The number of benzene rings is 1. The molecule has 0 aliphatic carbocycles. The third-order valence-electron chi connectivity index (χ3n) is 6.17. The third-order valence-corrected chi connectivity index (χ3v) is 6.17. The number of aromatic carboxylic acids is 1. The number of nitrogens with one attached hydrogen (secondary N) is 1. The van der Waals surface area contributed by atoms with Crippen molar-refractivity contribution in [3.05, 3.63) is 76.2 Å². The van der Waals surface area contributed by atoms with E-state index >= 15 is 0 Å². The fourth-order valence-corrected chi connectivity index (χ4v) is 4.26. The van der Waals surface area contributed by atoms with Crippen LogP contribution < -0.4 is 10.2 Å². The van der Waals surface area contributed by atoms with Crippen molar-refractivity contribution in [3.8, 4) is 0 Å². The Labute approximate surface area is 199 Å². The fraction of sp³-hybridized carbons (Fsp3) is 0.333. The van der Waals surface area contributed by atoms with Crippen LogP contribution in [0.5, 0.6) is 0 Å². The molecule has 0 saturated carbocycles. The van der Waals surface area contributed by atoms with Gasteiger partial charge < -0.3 is 15.3 Å². The standard InChI is InChI=1S/C24H24F3N5O3/c1-13(17-7-8-19(23(34)35)28-12-17)29-21(33)20-14(2)30-32-10-9-31(22(20)32)15(3)16-5-4-6-18(11-16)24(25,26)27/h4-8,11-13,15H,9-10H2,1-3H3,(H,29,33)(H,34,35)/t13-,15+/m0/s1. The van der Waals surface area contributed by atoms with Crippen LogP contribution in [0.1, 0.15) is 69.2 Å². The van der Waals surface area contributed by atoms with Gasteiger partial charge in [-0.25, -0.2) is 14.5 Å². The van der Waals surface area contributed by atoms with Crippen LogP contribution in [0.2, 0.25) is 0 Å². The van der Waals surface area contributed by atoms with E-state index in [4.69, 9.17) is 5.11 Å². The van der Waals surface area contributed by atoms with Gasteiger partial charge in [-0.15, -0.1) is 0 Å². The van der Waals surface area contributed by atoms with Gasteiger partial charge in [-0.1, -0.05) is 18.2 Å². The maximum Gasteiger partial charge on any atom is 0.416 e. The zero-order valence-corrected chi connectivity index (χ0v) is 19.3. The van der Waals surface area contributed by atoms with E-state index in [1.807, 2.05) is 4.90 Å². The van der Waals surface area contributed by atoms with Crippen LogP contribution in [0, 0.1) is 6.92 Å². The van der Waals surface area contributed by atoms with Gasteiger partial charge in [-0.2, -0.15) is 18.3 Å². The number of amides is 1. The normalized spacial score (nSPS) is 15.0. The van der Waals surface area contributed by atoms with Crippen molar-refractivity contribution in [2.24, 2.45) is 0 Å². The number of alkyl halides is 3. The quantitative estimate of drug-likeness (QED) is 0.536. The van der Waals surface area contributed by atoms with Crippen LogP contribution in [-0.2, 0) is 12.7 Å². The summed E-state index contributed by atoms with van der Waals surface area (Å²) in [7, 11) is 0. The number of hydrogen-bond acceptors (Lipinski definition) is 5. The van der Waals surface area contributed by atoms with Crippen LogP contribution in [0.15, 0.2) is 42.6 Å². The van der Waals surface area contributed by atoms with E-state index in [9.17, 15) is 22.8 Å². The molecule has 0 bridgehead atoms. The van der Waals surface area contributed by atoms with Gasteiger partial charge in [-0.05, 0) is 50.1 Å². The SMILES string of the molecule is Cc1nn2c(c1C(=O)N[C@@H](C)c1ccc(C(=O)O)nc1)N([C@H](C)c1cccc(C(F)(F)F)c1)CC2. The lowest BCUT2D eigenvalue weighted by atomic mass is 10.0. The van der Waals surface area contributed by atoms with Gasteiger partial charge in [0.1, 0.15) is 17.1 Å². The van der Waals surface area contributed by atoms with Crippen LogP contribution in [0.25, 0.3) is 0 Å². The van der Waals surface area contributed by atoms with E-state index in [2.05, 4.69) is 15.4 Å². The summed E-state index contributed by atoms with van der Waals surface area (Å²) in [5.41, 5.74) is 1.14. The molecule has 184 valence electrons. The number of carbonyl (C=O) groups is 2. The predicted molar refractivity (Wildman–Crippen MR) is 121 cm³/mol. The number of anilines is 1. The highest BCUT2D eigenvalue weighted by atomic mass is 19.4. The molecule has 0 unspecified atom stereocenters. The summed E-state index contributed by atoms with van der Waals surface area (Å²) in [5.74, 6) is -0.979. The molecule has 4 rings (SSSR count). The predicted octanol–water partition coefficient (Wildman–Crippen LogP) is 4.38. The Balaban J connectivity index is 1.59. The Morgan fingerprint density at radius 2 is 1.86 bits per heavy atom. The van der Waals surface area contributed by atoms with Crippen LogP contribution >= 0.6 is 0 Å². The molecule has 11 heteroatoms. The molecule has 2 aromatic heterocycles. The summed E-state index contributed by atoms with van der Waals surface area (Å²) in [4.78, 5) is 30.1. The Morgan fingerprint density at radius 3 is 2.49 bits per heavy atom. The summed E-state index contributed by atoms with van der Waals surface area (Å²) in [5, 5.41) is 16.4. The Bertz CT molecular complexity index is 1270. The number of rotatable bonds is 6. The molecule has 8 nitrogen and oxygen atoms in total. The van der Waals surface area contributed by atoms with Crippen molar-refractivity contribution in [2.45, 2.75) is 45.6 Å². The van der Waals surface area contributed by atoms with E-state index in [0.29, 0.717) is 41.3 Å². The van der Waals surface area contributed by atoms with Crippen molar-refractivity contribution >= 4 is 17.7 Å². The topological polar surface area (TPSA) is 100 Å². The second-order valence-corrected chi connectivity index (χ2v) is 8.48. The first kappa shape index (κ1) is 24.2. The van der Waals surface area contributed by atoms with Gasteiger partial charge in [0.25, 0.3) is 5.91 Å². The Morgan fingerprint density at radius 1 is 1.11 bits per heavy atom. The zero-order valence-electron chi connectivity index (χ0n) is 19.3. The summed E-state index contributed by atoms with van der Waals surface area (Å²) in [6, 6.07) is 7.24. The third kappa shape index (κ3) is 4.71. The number of carbonyl (C=O) groups excluding carboxylic acids is 1. The smallest absolute Gasteiger partial charge is 0.416 e. The van der Waals surface area contributed by atoms with Crippen LogP contribution in [0.3, 0.4) is 0 Å². The van der Waals surface area contributed by atoms with Crippen LogP contribution in [0.4, 0.5) is 19.0 Å². The number of nitrogens with zero attached hydrogens (tertiary/aromatic N) is 4. The molecule has 35 heavy (non-hydrogen) atoms. The summed E-state index contributed by atoms with van der Waals surface area (Å²) < 4.78 is 41.4. The number of halogens is 3. The molecule has 1 amide bonds. The molecule has 0 spiro atoms.